The Labute approximate surface area is 244 Å². The summed E-state index contributed by atoms with van der Waals surface area (Å²) in [5, 5.41) is 3.13. The van der Waals surface area contributed by atoms with E-state index in [-0.39, 0.29) is 35.2 Å². The molecule has 0 bridgehead atoms. The number of methoxy groups -OCH3 is 2. The molecule has 0 aliphatic heterocycles. The normalized spacial score (nSPS) is 11.9. The first-order valence-corrected chi connectivity index (χ1v) is 14.7. The van der Waals surface area contributed by atoms with Crippen molar-refractivity contribution in [2.45, 2.75) is 37.8 Å². The van der Waals surface area contributed by atoms with E-state index in [4.69, 9.17) is 21.1 Å². The van der Waals surface area contributed by atoms with Crippen molar-refractivity contribution < 1.29 is 31.9 Å². The summed E-state index contributed by atoms with van der Waals surface area (Å²) in [6.07, 6.45) is 0.265. The second kappa shape index (κ2) is 14.2. The van der Waals surface area contributed by atoms with Gasteiger partial charge in [-0.1, -0.05) is 36.7 Å². The zero-order chi connectivity index (χ0) is 30.2. The summed E-state index contributed by atoms with van der Waals surface area (Å²) >= 11 is 6.38. The van der Waals surface area contributed by atoms with E-state index in [0.717, 1.165) is 16.4 Å². The van der Waals surface area contributed by atoms with Crippen LogP contribution in [-0.2, 0) is 26.2 Å². The molecule has 41 heavy (non-hydrogen) atoms. The highest BCUT2D eigenvalue weighted by Gasteiger charge is 2.34. The number of carbonyl (C=O) groups excluding carboxylic acids is 2. The van der Waals surface area contributed by atoms with Crippen LogP contribution in [0.2, 0.25) is 5.02 Å². The lowest BCUT2D eigenvalue weighted by atomic mass is 10.1. The van der Waals surface area contributed by atoms with Crippen molar-refractivity contribution in [2.24, 2.45) is 0 Å². The van der Waals surface area contributed by atoms with Crippen LogP contribution in [0.15, 0.2) is 71.6 Å². The summed E-state index contributed by atoms with van der Waals surface area (Å²) in [6, 6.07) is 14.7. The molecular formula is C29H33ClFN3O6S. The van der Waals surface area contributed by atoms with Crippen LogP contribution in [-0.4, -0.2) is 58.5 Å². The Morgan fingerprint density at radius 3 is 2.22 bits per heavy atom. The molecule has 0 aromatic heterocycles. The van der Waals surface area contributed by atoms with Crippen LogP contribution in [0.3, 0.4) is 0 Å². The van der Waals surface area contributed by atoms with Gasteiger partial charge in [-0.05, 0) is 61.4 Å². The minimum absolute atomic E-state index is 0.0399. The third-order valence-electron chi connectivity index (χ3n) is 6.37. The number of likely N-dealkylation sites (N-methyl/N-ethyl adjacent to an activating group) is 1. The predicted molar refractivity (Wildman–Crippen MR) is 155 cm³/mol. The van der Waals surface area contributed by atoms with Crippen molar-refractivity contribution in [1.82, 2.24) is 10.2 Å². The van der Waals surface area contributed by atoms with Gasteiger partial charge in [-0.25, -0.2) is 12.8 Å². The van der Waals surface area contributed by atoms with Crippen LogP contribution in [0, 0.1) is 5.82 Å². The quantitative estimate of drug-likeness (QED) is 0.304. The molecule has 3 aromatic carbocycles. The van der Waals surface area contributed by atoms with Gasteiger partial charge in [0.2, 0.25) is 11.8 Å². The van der Waals surface area contributed by atoms with Crippen molar-refractivity contribution in [1.29, 1.82) is 0 Å². The van der Waals surface area contributed by atoms with Crippen molar-refractivity contribution in [3.63, 3.8) is 0 Å². The molecule has 3 rings (SSSR count). The SMILES string of the molecule is CCNC(=O)[C@@H](CC)N(Cc1ccccc1Cl)C(=O)CN(c1ccc(F)cc1)S(=O)(=O)c1ccc(OC)c(OC)c1. The number of nitrogens with one attached hydrogen (secondary N) is 1. The van der Waals surface area contributed by atoms with Crippen molar-refractivity contribution >= 4 is 39.1 Å². The van der Waals surface area contributed by atoms with Crippen LogP contribution in [0.4, 0.5) is 10.1 Å². The first kappa shape index (κ1) is 31.7. The highest BCUT2D eigenvalue weighted by molar-refractivity contribution is 7.92. The van der Waals surface area contributed by atoms with Gasteiger partial charge in [0.25, 0.3) is 10.0 Å². The van der Waals surface area contributed by atoms with Gasteiger partial charge in [0.15, 0.2) is 11.5 Å². The first-order valence-electron chi connectivity index (χ1n) is 12.9. The van der Waals surface area contributed by atoms with Crippen LogP contribution < -0.4 is 19.1 Å². The van der Waals surface area contributed by atoms with Gasteiger partial charge in [-0.15, -0.1) is 0 Å². The average Bonchev–Trinajstić information content (AvgIpc) is 2.96. The summed E-state index contributed by atoms with van der Waals surface area (Å²) in [5.41, 5.74) is 0.639. The third-order valence-corrected chi connectivity index (χ3v) is 8.51. The second-order valence-electron chi connectivity index (χ2n) is 8.94. The number of ether oxygens (including phenoxy) is 2. The van der Waals surface area contributed by atoms with E-state index >= 15 is 0 Å². The molecule has 3 aromatic rings. The lowest BCUT2D eigenvalue weighted by Crippen LogP contribution is -2.52. The average molecular weight is 606 g/mol. The summed E-state index contributed by atoms with van der Waals surface area (Å²) in [6.45, 7) is 3.14. The van der Waals surface area contributed by atoms with E-state index in [1.807, 2.05) is 0 Å². The minimum Gasteiger partial charge on any atom is -0.493 e. The number of nitrogens with zero attached hydrogens (tertiary/aromatic N) is 2. The summed E-state index contributed by atoms with van der Waals surface area (Å²) in [4.78, 5) is 28.1. The number of rotatable bonds is 13. The smallest absolute Gasteiger partial charge is 0.264 e. The fourth-order valence-corrected chi connectivity index (χ4v) is 5.89. The molecule has 0 radical (unpaired) electrons. The Balaban J connectivity index is 2.10. The summed E-state index contributed by atoms with van der Waals surface area (Å²) in [7, 11) is -1.61. The van der Waals surface area contributed by atoms with Crippen LogP contribution in [0.25, 0.3) is 0 Å². The van der Waals surface area contributed by atoms with Crippen LogP contribution in [0.1, 0.15) is 25.8 Å². The van der Waals surface area contributed by atoms with Gasteiger partial charge in [0.05, 0.1) is 24.8 Å². The van der Waals surface area contributed by atoms with Gasteiger partial charge < -0.3 is 19.7 Å². The Morgan fingerprint density at radius 2 is 1.63 bits per heavy atom. The number of amides is 2. The van der Waals surface area contributed by atoms with E-state index in [9.17, 15) is 22.4 Å². The molecule has 0 aliphatic carbocycles. The topological polar surface area (TPSA) is 105 Å². The molecule has 0 saturated heterocycles. The maximum absolute atomic E-state index is 14.0. The molecule has 0 aliphatic rings. The van der Waals surface area contributed by atoms with Gasteiger partial charge >= 0.3 is 0 Å². The highest BCUT2D eigenvalue weighted by atomic mass is 35.5. The highest BCUT2D eigenvalue weighted by Crippen LogP contribution is 2.32. The third kappa shape index (κ3) is 7.47. The number of hydrogen-bond acceptors (Lipinski definition) is 6. The molecule has 12 heteroatoms. The predicted octanol–water partition coefficient (Wildman–Crippen LogP) is 4.64. The molecule has 1 N–H and O–H groups in total. The second-order valence-corrected chi connectivity index (χ2v) is 11.2. The maximum atomic E-state index is 14.0. The van der Waals surface area contributed by atoms with Crippen molar-refractivity contribution in [2.75, 3.05) is 31.6 Å². The number of carbonyl (C=O) groups is 2. The minimum atomic E-state index is -4.40. The van der Waals surface area contributed by atoms with Gasteiger partial charge in [0.1, 0.15) is 18.4 Å². The van der Waals surface area contributed by atoms with Gasteiger partial charge in [0, 0.05) is 24.2 Å². The largest absolute Gasteiger partial charge is 0.493 e. The van der Waals surface area contributed by atoms with Crippen LogP contribution in [0.5, 0.6) is 11.5 Å². The lowest BCUT2D eigenvalue weighted by molar-refractivity contribution is -0.140. The van der Waals surface area contributed by atoms with Gasteiger partial charge in [-0.2, -0.15) is 0 Å². The molecule has 9 nitrogen and oxygen atoms in total. The molecule has 0 spiro atoms. The molecule has 0 fully saturated rings. The summed E-state index contributed by atoms with van der Waals surface area (Å²) < 4.78 is 53.2. The van der Waals surface area contributed by atoms with E-state index < -0.39 is 34.3 Å². The first-order chi connectivity index (χ1) is 19.6. The molecule has 2 amide bonds. The Morgan fingerprint density at radius 1 is 0.976 bits per heavy atom. The standard InChI is InChI=1S/C29H33ClFN3O6S/c1-5-25(29(36)32-6-2)33(18-20-9-7-8-10-24(20)30)28(35)19-34(22-13-11-21(31)12-14-22)41(37,38)23-15-16-26(39-3)27(17-23)40-4/h7-17,25H,5-6,18-19H2,1-4H3,(H,32,36)/t25-/m1/s1. The van der Waals surface area contributed by atoms with Crippen LogP contribution >= 0.6 is 11.6 Å². The number of anilines is 1. The van der Waals surface area contributed by atoms with Gasteiger partial charge in [-0.3, -0.25) is 13.9 Å². The number of sulfonamides is 1. The molecule has 220 valence electrons. The molecule has 1 atom stereocenters. The van der Waals surface area contributed by atoms with E-state index in [2.05, 4.69) is 5.32 Å². The fourth-order valence-electron chi connectivity index (χ4n) is 4.26. The van der Waals surface area contributed by atoms with Crippen molar-refractivity contribution in [3.8, 4) is 11.5 Å². The molecule has 0 unspecified atom stereocenters. The zero-order valence-corrected chi connectivity index (χ0v) is 24.8. The molecular weight excluding hydrogens is 573 g/mol. The van der Waals surface area contributed by atoms with Crippen molar-refractivity contribution in [3.05, 3.63) is 83.1 Å². The number of hydrogen-bond donors (Lipinski definition) is 1. The Bertz CT molecular complexity index is 1470. The zero-order valence-electron chi connectivity index (χ0n) is 23.3. The Kier molecular flexibility index (Phi) is 11.0. The Hall–Kier alpha value is -3.83. The van der Waals surface area contributed by atoms with E-state index in [0.29, 0.717) is 22.9 Å². The fraction of sp³-hybridized carbons (Fsp3) is 0.310. The molecule has 0 heterocycles. The maximum Gasteiger partial charge on any atom is 0.264 e. The van der Waals surface area contributed by atoms with E-state index in [1.54, 1.807) is 38.1 Å². The monoisotopic (exact) mass is 605 g/mol. The molecule has 0 saturated carbocycles. The van der Waals surface area contributed by atoms with E-state index in [1.165, 1.54) is 49.5 Å². The number of benzene rings is 3. The summed E-state index contributed by atoms with van der Waals surface area (Å²) in [5.74, 6) is -1.13. The lowest BCUT2D eigenvalue weighted by Gasteiger charge is -2.33. The number of halogens is 2.